The standard InChI is InChI=1S/C15H19NO5/c1-15(2,3)21-14(18)16(9-12-10-19-12)13(17)20-11-7-5-4-6-8-11/h4-8,12H,9-10H2,1-3H3. The molecule has 0 saturated carbocycles. The van der Waals surface area contributed by atoms with Crippen molar-refractivity contribution in [3.63, 3.8) is 0 Å². The first-order valence-corrected chi connectivity index (χ1v) is 6.74. The van der Waals surface area contributed by atoms with Crippen molar-refractivity contribution < 1.29 is 23.8 Å². The van der Waals surface area contributed by atoms with Crippen LogP contribution in [0.2, 0.25) is 0 Å². The summed E-state index contributed by atoms with van der Waals surface area (Å²) in [4.78, 5) is 25.2. The Balaban J connectivity index is 2.04. The molecule has 6 heteroatoms. The van der Waals surface area contributed by atoms with Crippen molar-refractivity contribution >= 4 is 12.2 Å². The second-order valence-corrected chi connectivity index (χ2v) is 5.73. The lowest BCUT2D eigenvalue weighted by molar-refractivity contribution is 0.0267. The number of rotatable bonds is 3. The maximum atomic E-state index is 12.2. The average molecular weight is 293 g/mol. The molecule has 1 heterocycles. The zero-order chi connectivity index (χ0) is 15.5. The Bertz CT molecular complexity index is 505. The quantitative estimate of drug-likeness (QED) is 0.802. The second-order valence-electron chi connectivity index (χ2n) is 5.73. The predicted octanol–water partition coefficient (Wildman–Crippen LogP) is 2.82. The minimum absolute atomic E-state index is 0.126. The molecule has 0 aromatic heterocycles. The highest BCUT2D eigenvalue weighted by Gasteiger charge is 2.35. The van der Waals surface area contributed by atoms with Gasteiger partial charge in [0.05, 0.1) is 19.3 Å². The monoisotopic (exact) mass is 293 g/mol. The van der Waals surface area contributed by atoms with Gasteiger partial charge < -0.3 is 14.2 Å². The third-order valence-electron chi connectivity index (χ3n) is 2.57. The number of imide groups is 1. The molecule has 0 spiro atoms. The molecule has 1 aliphatic heterocycles. The lowest BCUT2D eigenvalue weighted by Crippen LogP contribution is -2.44. The summed E-state index contributed by atoms with van der Waals surface area (Å²) in [5.41, 5.74) is -0.688. The van der Waals surface area contributed by atoms with E-state index in [1.165, 1.54) is 0 Å². The summed E-state index contributed by atoms with van der Waals surface area (Å²) in [6.45, 7) is 5.86. The molecule has 21 heavy (non-hydrogen) atoms. The topological polar surface area (TPSA) is 68.4 Å². The average Bonchev–Trinajstić information content (AvgIpc) is 3.18. The van der Waals surface area contributed by atoms with Gasteiger partial charge in [0.25, 0.3) is 0 Å². The molecule has 114 valence electrons. The third kappa shape index (κ3) is 5.07. The van der Waals surface area contributed by atoms with E-state index in [1.807, 2.05) is 0 Å². The molecule has 6 nitrogen and oxygen atoms in total. The summed E-state index contributed by atoms with van der Waals surface area (Å²) >= 11 is 0. The maximum Gasteiger partial charge on any atom is 0.424 e. The van der Waals surface area contributed by atoms with Crippen LogP contribution in [0.25, 0.3) is 0 Å². The Morgan fingerprint density at radius 1 is 1.24 bits per heavy atom. The van der Waals surface area contributed by atoms with Gasteiger partial charge in [0, 0.05) is 0 Å². The van der Waals surface area contributed by atoms with Crippen LogP contribution in [0.5, 0.6) is 5.75 Å². The van der Waals surface area contributed by atoms with Crippen molar-refractivity contribution in [2.45, 2.75) is 32.5 Å². The molecule has 2 rings (SSSR count). The normalized spacial score (nSPS) is 17.0. The van der Waals surface area contributed by atoms with Crippen molar-refractivity contribution in [3.05, 3.63) is 30.3 Å². The number of ether oxygens (including phenoxy) is 3. The van der Waals surface area contributed by atoms with Gasteiger partial charge in [-0.05, 0) is 32.9 Å². The van der Waals surface area contributed by atoms with E-state index < -0.39 is 17.8 Å². The number of para-hydroxylation sites is 1. The van der Waals surface area contributed by atoms with Crippen LogP contribution in [-0.4, -0.2) is 41.9 Å². The Morgan fingerprint density at radius 3 is 2.38 bits per heavy atom. The lowest BCUT2D eigenvalue weighted by Gasteiger charge is -2.25. The van der Waals surface area contributed by atoms with Gasteiger partial charge in [0.15, 0.2) is 0 Å². The third-order valence-corrected chi connectivity index (χ3v) is 2.57. The number of amides is 2. The summed E-state index contributed by atoms with van der Waals surface area (Å²) in [6.07, 6.45) is -1.65. The van der Waals surface area contributed by atoms with Gasteiger partial charge in [-0.15, -0.1) is 0 Å². The largest absolute Gasteiger partial charge is 0.443 e. The van der Waals surface area contributed by atoms with Crippen LogP contribution >= 0.6 is 0 Å². The fourth-order valence-corrected chi connectivity index (χ4v) is 1.56. The molecule has 0 bridgehead atoms. The summed E-state index contributed by atoms with van der Waals surface area (Å²) in [5, 5.41) is 0. The summed E-state index contributed by atoms with van der Waals surface area (Å²) < 4.78 is 15.5. The number of nitrogens with zero attached hydrogens (tertiary/aromatic N) is 1. The first kappa shape index (κ1) is 15.3. The molecule has 2 amide bonds. The summed E-state index contributed by atoms with van der Waals surface area (Å²) in [7, 11) is 0. The Kier molecular flexibility index (Phi) is 4.47. The summed E-state index contributed by atoms with van der Waals surface area (Å²) in [5.74, 6) is 0.368. The van der Waals surface area contributed by atoms with Crippen molar-refractivity contribution in [1.29, 1.82) is 0 Å². The molecule has 1 atom stereocenters. The molecular weight excluding hydrogens is 274 g/mol. The molecule has 1 aliphatic rings. The van der Waals surface area contributed by atoms with E-state index in [4.69, 9.17) is 14.2 Å². The number of epoxide rings is 1. The highest BCUT2D eigenvalue weighted by molar-refractivity contribution is 5.89. The van der Waals surface area contributed by atoms with Crippen LogP contribution in [0.3, 0.4) is 0 Å². The van der Waals surface area contributed by atoms with Crippen LogP contribution in [0.15, 0.2) is 30.3 Å². The van der Waals surface area contributed by atoms with Crippen molar-refractivity contribution in [2.75, 3.05) is 13.2 Å². The molecule has 0 aliphatic carbocycles. The molecule has 1 fully saturated rings. The number of hydrogen-bond acceptors (Lipinski definition) is 5. The molecule has 1 unspecified atom stereocenters. The van der Waals surface area contributed by atoms with E-state index in [1.54, 1.807) is 51.1 Å². The SMILES string of the molecule is CC(C)(C)OC(=O)N(CC1CO1)C(=O)Oc1ccccc1. The van der Waals surface area contributed by atoms with Crippen molar-refractivity contribution in [1.82, 2.24) is 4.90 Å². The molecule has 1 aromatic carbocycles. The van der Waals surface area contributed by atoms with E-state index in [0.29, 0.717) is 12.4 Å². The van der Waals surface area contributed by atoms with E-state index in [9.17, 15) is 9.59 Å². The minimum atomic E-state index is -0.772. The zero-order valence-electron chi connectivity index (χ0n) is 12.4. The molecular formula is C15H19NO5. The van der Waals surface area contributed by atoms with E-state index >= 15 is 0 Å². The van der Waals surface area contributed by atoms with Gasteiger partial charge in [-0.25, -0.2) is 14.5 Å². The molecule has 1 saturated heterocycles. The molecule has 0 radical (unpaired) electrons. The van der Waals surface area contributed by atoms with E-state index in [2.05, 4.69) is 0 Å². The first-order chi connectivity index (χ1) is 9.85. The zero-order valence-corrected chi connectivity index (χ0v) is 12.4. The van der Waals surface area contributed by atoms with Gasteiger partial charge in [-0.1, -0.05) is 18.2 Å². The van der Waals surface area contributed by atoms with Crippen molar-refractivity contribution in [2.24, 2.45) is 0 Å². The number of hydrogen-bond donors (Lipinski definition) is 0. The smallest absolute Gasteiger partial charge is 0.424 e. The van der Waals surface area contributed by atoms with Gasteiger partial charge >= 0.3 is 12.2 Å². The molecule has 1 aromatic rings. The highest BCUT2D eigenvalue weighted by Crippen LogP contribution is 2.17. The second kappa shape index (κ2) is 6.13. The van der Waals surface area contributed by atoms with Crippen LogP contribution < -0.4 is 4.74 Å². The Hall–Kier alpha value is -2.08. The Morgan fingerprint density at radius 2 is 1.86 bits per heavy atom. The number of benzene rings is 1. The fourth-order valence-electron chi connectivity index (χ4n) is 1.56. The van der Waals surface area contributed by atoms with Crippen LogP contribution in [0.1, 0.15) is 20.8 Å². The number of carbonyl (C=O) groups excluding carboxylic acids is 2. The van der Waals surface area contributed by atoms with E-state index in [0.717, 1.165) is 4.90 Å². The van der Waals surface area contributed by atoms with Gasteiger partial charge in [0.1, 0.15) is 11.4 Å². The Labute approximate surface area is 123 Å². The van der Waals surface area contributed by atoms with Crippen LogP contribution in [-0.2, 0) is 9.47 Å². The van der Waals surface area contributed by atoms with Gasteiger partial charge in [-0.3, -0.25) is 0 Å². The van der Waals surface area contributed by atoms with Crippen molar-refractivity contribution in [3.8, 4) is 5.75 Å². The molecule has 0 N–H and O–H groups in total. The lowest BCUT2D eigenvalue weighted by atomic mass is 10.2. The predicted molar refractivity (Wildman–Crippen MR) is 75.1 cm³/mol. The van der Waals surface area contributed by atoms with Crippen LogP contribution in [0, 0.1) is 0 Å². The highest BCUT2D eigenvalue weighted by atomic mass is 16.6. The van der Waals surface area contributed by atoms with Crippen LogP contribution in [0.4, 0.5) is 9.59 Å². The van der Waals surface area contributed by atoms with E-state index in [-0.39, 0.29) is 12.6 Å². The maximum absolute atomic E-state index is 12.2. The minimum Gasteiger partial charge on any atom is -0.443 e. The first-order valence-electron chi connectivity index (χ1n) is 6.74. The number of carbonyl (C=O) groups is 2. The van der Waals surface area contributed by atoms with Gasteiger partial charge in [0.2, 0.25) is 0 Å². The summed E-state index contributed by atoms with van der Waals surface area (Å²) in [6, 6.07) is 8.56. The van der Waals surface area contributed by atoms with Gasteiger partial charge in [-0.2, -0.15) is 0 Å². The fraction of sp³-hybridized carbons (Fsp3) is 0.467.